The van der Waals surface area contributed by atoms with Crippen LogP contribution in [0, 0.1) is 10.1 Å². The molecule has 0 fully saturated rings. The number of anilines is 1. The number of rotatable bonds is 4. The minimum absolute atomic E-state index is 0.0530. The summed E-state index contributed by atoms with van der Waals surface area (Å²) >= 11 is 3.07. The van der Waals surface area contributed by atoms with Crippen LogP contribution in [0.4, 0.5) is 11.4 Å². The number of amides is 1. The molecular formula is C10H11BrN2O4. The van der Waals surface area contributed by atoms with Crippen molar-refractivity contribution < 1.29 is 14.5 Å². The first-order valence-electron chi connectivity index (χ1n) is 4.73. The molecule has 0 saturated carbocycles. The fraction of sp³-hybridized carbons (Fsp3) is 0.300. The lowest BCUT2D eigenvalue weighted by Crippen LogP contribution is -2.26. The van der Waals surface area contributed by atoms with Crippen LogP contribution in [0.15, 0.2) is 22.7 Å². The van der Waals surface area contributed by atoms with E-state index < -0.39 is 11.0 Å². The maximum Gasteiger partial charge on any atom is 0.283 e. The Morgan fingerprint density at radius 2 is 2.24 bits per heavy atom. The number of carbonyl (C=O) groups excluding carboxylic acids is 1. The monoisotopic (exact) mass is 302 g/mol. The Labute approximate surface area is 106 Å². The third-order valence-electron chi connectivity index (χ3n) is 2.13. The van der Waals surface area contributed by atoms with Gasteiger partial charge in [0.2, 0.25) is 0 Å². The largest absolute Gasteiger partial charge is 0.372 e. The summed E-state index contributed by atoms with van der Waals surface area (Å²) in [5.41, 5.74) is 0.416. The Balaban J connectivity index is 2.84. The molecule has 1 rings (SSSR count). The molecule has 1 aromatic rings. The van der Waals surface area contributed by atoms with Crippen LogP contribution in [0.25, 0.3) is 0 Å². The first-order chi connectivity index (χ1) is 7.95. The van der Waals surface area contributed by atoms with E-state index in [4.69, 9.17) is 4.74 Å². The van der Waals surface area contributed by atoms with Gasteiger partial charge in [0, 0.05) is 18.9 Å². The minimum Gasteiger partial charge on any atom is -0.372 e. The van der Waals surface area contributed by atoms with E-state index in [0.29, 0.717) is 10.2 Å². The molecule has 6 nitrogen and oxygen atoms in total. The molecule has 1 amide bonds. The SMILES string of the molecule is CO[C@@H](C)C(=O)Nc1ccc([N+](=O)[O-])c(Br)c1. The zero-order chi connectivity index (χ0) is 13.0. The number of methoxy groups -OCH3 is 1. The molecule has 0 aromatic heterocycles. The standard InChI is InChI=1S/C10H11BrN2O4/c1-6(17-2)10(14)12-7-3-4-9(13(15)16)8(11)5-7/h3-6H,1-2H3,(H,12,14)/t6-/m0/s1. The summed E-state index contributed by atoms with van der Waals surface area (Å²) in [5, 5.41) is 13.2. The number of ether oxygens (including phenoxy) is 1. The van der Waals surface area contributed by atoms with Crippen molar-refractivity contribution in [1.29, 1.82) is 0 Å². The Kier molecular flexibility index (Phi) is 4.59. The number of nitro benzene ring substituents is 1. The Bertz CT molecular complexity index is 450. The van der Waals surface area contributed by atoms with E-state index >= 15 is 0 Å². The highest BCUT2D eigenvalue weighted by atomic mass is 79.9. The molecule has 1 aromatic carbocycles. The Morgan fingerprint density at radius 3 is 2.71 bits per heavy atom. The van der Waals surface area contributed by atoms with Crippen LogP contribution in [-0.2, 0) is 9.53 Å². The molecule has 0 aliphatic heterocycles. The number of nitrogens with one attached hydrogen (secondary N) is 1. The zero-order valence-corrected chi connectivity index (χ0v) is 10.9. The zero-order valence-electron chi connectivity index (χ0n) is 9.27. The highest BCUT2D eigenvalue weighted by Gasteiger charge is 2.15. The van der Waals surface area contributed by atoms with E-state index in [1.807, 2.05) is 0 Å². The van der Waals surface area contributed by atoms with Crippen LogP contribution in [0.1, 0.15) is 6.92 Å². The molecule has 17 heavy (non-hydrogen) atoms. The van der Waals surface area contributed by atoms with Gasteiger partial charge in [-0.2, -0.15) is 0 Å². The second kappa shape index (κ2) is 5.74. The smallest absolute Gasteiger partial charge is 0.283 e. The summed E-state index contributed by atoms with van der Waals surface area (Å²) in [5.74, 6) is -0.312. The number of nitro groups is 1. The fourth-order valence-corrected chi connectivity index (χ4v) is 1.61. The molecule has 1 atom stereocenters. The molecule has 0 heterocycles. The molecule has 1 N–H and O–H groups in total. The van der Waals surface area contributed by atoms with Gasteiger partial charge >= 0.3 is 0 Å². The number of carbonyl (C=O) groups is 1. The number of hydrogen-bond donors (Lipinski definition) is 1. The highest BCUT2D eigenvalue weighted by Crippen LogP contribution is 2.27. The molecule has 0 spiro atoms. The lowest BCUT2D eigenvalue weighted by Gasteiger charge is -2.10. The topological polar surface area (TPSA) is 81.5 Å². The summed E-state index contributed by atoms with van der Waals surface area (Å²) in [6.07, 6.45) is -0.580. The van der Waals surface area contributed by atoms with Gasteiger partial charge in [-0.25, -0.2) is 0 Å². The van der Waals surface area contributed by atoms with Crippen molar-refractivity contribution in [3.05, 3.63) is 32.8 Å². The third-order valence-corrected chi connectivity index (χ3v) is 2.77. The Morgan fingerprint density at radius 1 is 1.59 bits per heavy atom. The lowest BCUT2D eigenvalue weighted by atomic mass is 10.2. The number of halogens is 1. The molecule has 0 aliphatic carbocycles. The van der Waals surface area contributed by atoms with Crippen LogP contribution in [0.5, 0.6) is 0 Å². The van der Waals surface area contributed by atoms with Crippen LogP contribution in [0.2, 0.25) is 0 Å². The van der Waals surface area contributed by atoms with Crippen molar-refractivity contribution in [2.75, 3.05) is 12.4 Å². The minimum atomic E-state index is -0.580. The van der Waals surface area contributed by atoms with E-state index in [2.05, 4.69) is 21.2 Å². The number of hydrogen-bond acceptors (Lipinski definition) is 4. The third kappa shape index (κ3) is 3.50. The lowest BCUT2D eigenvalue weighted by molar-refractivity contribution is -0.385. The summed E-state index contributed by atoms with van der Waals surface area (Å²) in [4.78, 5) is 21.6. The van der Waals surface area contributed by atoms with Gasteiger partial charge in [0.15, 0.2) is 0 Å². The van der Waals surface area contributed by atoms with Crippen LogP contribution >= 0.6 is 15.9 Å². The molecular weight excluding hydrogens is 292 g/mol. The molecule has 0 unspecified atom stereocenters. The highest BCUT2D eigenvalue weighted by molar-refractivity contribution is 9.10. The Hall–Kier alpha value is -1.47. The van der Waals surface area contributed by atoms with E-state index in [1.54, 1.807) is 6.92 Å². The second-order valence-electron chi connectivity index (χ2n) is 3.29. The van der Waals surface area contributed by atoms with Crippen LogP contribution in [0.3, 0.4) is 0 Å². The van der Waals surface area contributed by atoms with Crippen LogP contribution in [-0.4, -0.2) is 24.0 Å². The van der Waals surface area contributed by atoms with Gasteiger partial charge in [-0.1, -0.05) is 0 Å². The van der Waals surface area contributed by atoms with E-state index in [-0.39, 0.29) is 11.6 Å². The van der Waals surface area contributed by atoms with Crippen molar-refractivity contribution in [2.24, 2.45) is 0 Å². The number of nitrogens with zero attached hydrogens (tertiary/aromatic N) is 1. The van der Waals surface area contributed by atoms with E-state index in [9.17, 15) is 14.9 Å². The predicted molar refractivity (Wildman–Crippen MR) is 65.9 cm³/mol. The maximum absolute atomic E-state index is 11.5. The average molecular weight is 303 g/mol. The van der Waals surface area contributed by atoms with Gasteiger partial charge in [-0.15, -0.1) is 0 Å². The van der Waals surface area contributed by atoms with Crippen molar-refractivity contribution in [3.8, 4) is 0 Å². The van der Waals surface area contributed by atoms with Gasteiger partial charge in [0.05, 0.1) is 9.40 Å². The summed E-state index contributed by atoms with van der Waals surface area (Å²) in [6.45, 7) is 1.61. The summed E-state index contributed by atoms with van der Waals surface area (Å²) < 4.78 is 5.15. The van der Waals surface area contributed by atoms with Gasteiger partial charge in [-0.3, -0.25) is 14.9 Å². The van der Waals surface area contributed by atoms with Crippen molar-refractivity contribution in [2.45, 2.75) is 13.0 Å². The van der Waals surface area contributed by atoms with Gasteiger partial charge in [-0.05, 0) is 35.0 Å². The molecule has 7 heteroatoms. The maximum atomic E-state index is 11.5. The van der Waals surface area contributed by atoms with Gasteiger partial charge in [0.25, 0.3) is 11.6 Å². The fourth-order valence-electron chi connectivity index (χ4n) is 1.08. The van der Waals surface area contributed by atoms with Gasteiger partial charge < -0.3 is 10.1 Å². The molecule has 0 saturated heterocycles. The van der Waals surface area contributed by atoms with Crippen molar-refractivity contribution in [3.63, 3.8) is 0 Å². The first-order valence-corrected chi connectivity index (χ1v) is 5.52. The molecule has 92 valence electrons. The van der Waals surface area contributed by atoms with E-state index in [0.717, 1.165) is 0 Å². The van der Waals surface area contributed by atoms with Gasteiger partial charge in [0.1, 0.15) is 6.10 Å². The predicted octanol–water partition coefficient (Wildman–Crippen LogP) is 2.33. The van der Waals surface area contributed by atoms with Crippen molar-refractivity contribution >= 4 is 33.2 Å². The molecule has 0 radical (unpaired) electrons. The second-order valence-corrected chi connectivity index (χ2v) is 4.14. The van der Waals surface area contributed by atoms with Crippen molar-refractivity contribution in [1.82, 2.24) is 0 Å². The summed E-state index contributed by atoms with van der Waals surface area (Å²) in [6, 6.07) is 4.25. The van der Waals surface area contributed by atoms with Crippen LogP contribution < -0.4 is 5.32 Å². The summed E-state index contributed by atoms with van der Waals surface area (Å²) in [7, 11) is 1.43. The molecule has 0 aliphatic rings. The average Bonchev–Trinajstić information content (AvgIpc) is 2.27. The first kappa shape index (κ1) is 13.6. The van der Waals surface area contributed by atoms with E-state index in [1.165, 1.54) is 25.3 Å². The number of benzene rings is 1. The molecule has 0 bridgehead atoms. The quantitative estimate of drug-likeness (QED) is 0.683. The normalized spacial score (nSPS) is 11.9.